The molecule has 8 heteroatoms. The first-order valence-electron chi connectivity index (χ1n) is 6.59. The SMILES string of the molecule is CN(CCNC(=O)N[C@@H](CCC(=O)O)C(=O)O)C1CC1. The summed E-state index contributed by atoms with van der Waals surface area (Å²) in [4.78, 5) is 34.9. The summed E-state index contributed by atoms with van der Waals surface area (Å²) in [6.45, 7) is 1.12. The van der Waals surface area contributed by atoms with Crippen molar-refractivity contribution in [3.8, 4) is 0 Å². The van der Waals surface area contributed by atoms with Gasteiger partial charge in [0.05, 0.1) is 0 Å². The Kier molecular flexibility index (Phi) is 6.23. The number of carboxylic acid groups (broad SMARTS) is 2. The van der Waals surface area contributed by atoms with Crippen LogP contribution >= 0.6 is 0 Å². The summed E-state index contributed by atoms with van der Waals surface area (Å²) in [5.41, 5.74) is 0. The van der Waals surface area contributed by atoms with Gasteiger partial charge in [0.2, 0.25) is 0 Å². The molecule has 20 heavy (non-hydrogen) atoms. The number of nitrogens with one attached hydrogen (secondary N) is 2. The van der Waals surface area contributed by atoms with Crippen molar-refractivity contribution in [2.75, 3.05) is 20.1 Å². The van der Waals surface area contributed by atoms with E-state index in [1.165, 1.54) is 12.8 Å². The number of hydrogen-bond acceptors (Lipinski definition) is 4. The minimum atomic E-state index is -1.24. The molecule has 114 valence electrons. The van der Waals surface area contributed by atoms with E-state index in [1.807, 2.05) is 7.05 Å². The molecular formula is C12H21N3O5. The fraction of sp³-hybridized carbons (Fsp3) is 0.750. The highest BCUT2D eigenvalue weighted by Crippen LogP contribution is 2.24. The van der Waals surface area contributed by atoms with E-state index >= 15 is 0 Å². The van der Waals surface area contributed by atoms with Crippen molar-refractivity contribution in [2.24, 2.45) is 0 Å². The topological polar surface area (TPSA) is 119 Å². The first kappa shape index (κ1) is 16.2. The van der Waals surface area contributed by atoms with Gasteiger partial charge in [-0.1, -0.05) is 0 Å². The van der Waals surface area contributed by atoms with Gasteiger partial charge in [-0.25, -0.2) is 9.59 Å². The van der Waals surface area contributed by atoms with Crippen molar-refractivity contribution in [3.63, 3.8) is 0 Å². The normalized spacial score (nSPS) is 15.7. The molecule has 1 saturated carbocycles. The lowest BCUT2D eigenvalue weighted by molar-refractivity contribution is -0.140. The molecule has 1 aliphatic carbocycles. The highest BCUT2D eigenvalue weighted by Gasteiger charge is 2.25. The number of urea groups is 1. The fourth-order valence-electron chi connectivity index (χ4n) is 1.78. The molecule has 2 amide bonds. The lowest BCUT2D eigenvalue weighted by Gasteiger charge is -2.17. The maximum absolute atomic E-state index is 11.5. The Morgan fingerprint density at radius 3 is 2.45 bits per heavy atom. The van der Waals surface area contributed by atoms with E-state index < -0.39 is 24.0 Å². The molecule has 1 fully saturated rings. The van der Waals surface area contributed by atoms with Crippen LogP contribution in [-0.4, -0.2) is 65.3 Å². The molecule has 0 aliphatic heterocycles. The molecule has 0 saturated heterocycles. The summed E-state index contributed by atoms with van der Waals surface area (Å²) < 4.78 is 0. The van der Waals surface area contributed by atoms with Gasteiger partial charge in [-0.2, -0.15) is 0 Å². The quantitative estimate of drug-likeness (QED) is 0.462. The Morgan fingerprint density at radius 2 is 1.95 bits per heavy atom. The van der Waals surface area contributed by atoms with Gasteiger partial charge in [0, 0.05) is 25.6 Å². The minimum absolute atomic E-state index is 0.139. The van der Waals surface area contributed by atoms with E-state index in [4.69, 9.17) is 10.2 Å². The standard InChI is InChI=1S/C12H21N3O5/c1-15(8-2-3-8)7-6-13-12(20)14-9(11(18)19)4-5-10(16)17/h8-9H,2-7H2,1H3,(H,16,17)(H,18,19)(H2,13,14,20)/t9-/m0/s1. The Hall–Kier alpha value is -1.83. The largest absolute Gasteiger partial charge is 0.481 e. The van der Waals surface area contributed by atoms with Crippen LogP contribution in [0, 0.1) is 0 Å². The van der Waals surface area contributed by atoms with Crippen LogP contribution in [0.4, 0.5) is 4.79 Å². The molecule has 0 heterocycles. The number of nitrogens with zero attached hydrogens (tertiary/aromatic N) is 1. The summed E-state index contributed by atoms with van der Waals surface area (Å²) in [5, 5.41) is 22.2. The first-order valence-corrected chi connectivity index (χ1v) is 6.59. The summed E-state index contributed by atoms with van der Waals surface area (Å²) in [7, 11) is 1.98. The number of aliphatic carboxylic acids is 2. The predicted molar refractivity (Wildman–Crippen MR) is 70.5 cm³/mol. The van der Waals surface area contributed by atoms with Crippen LogP contribution in [0.25, 0.3) is 0 Å². The number of carboxylic acids is 2. The third-order valence-corrected chi connectivity index (χ3v) is 3.17. The highest BCUT2D eigenvalue weighted by molar-refractivity contribution is 5.82. The monoisotopic (exact) mass is 287 g/mol. The van der Waals surface area contributed by atoms with Gasteiger partial charge in [0.15, 0.2) is 0 Å². The van der Waals surface area contributed by atoms with Crippen molar-refractivity contribution in [1.82, 2.24) is 15.5 Å². The van der Waals surface area contributed by atoms with Gasteiger partial charge >= 0.3 is 18.0 Å². The Labute approximate surface area is 117 Å². The van der Waals surface area contributed by atoms with Crippen molar-refractivity contribution in [1.29, 1.82) is 0 Å². The number of rotatable bonds is 9. The Bertz CT molecular complexity index is 370. The highest BCUT2D eigenvalue weighted by atomic mass is 16.4. The van der Waals surface area contributed by atoms with Crippen LogP contribution in [0.15, 0.2) is 0 Å². The van der Waals surface area contributed by atoms with E-state index in [9.17, 15) is 14.4 Å². The molecule has 8 nitrogen and oxygen atoms in total. The van der Waals surface area contributed by atoms with Crippen molar-refractivity contribution in [3.05, 3.63) is 0 Å². The van der Waals surface area contributed by atoms with Crippen molar-refractivity contribution < 1.29 is 24.6 Å². The van der Waals surface area contributed by atoms with Crippen LogP contribution in [-0.2, 0) is 9.59 Å². The molecule has 0 aromatic heterocycles. The third-order valence-electron chi connectivity index (χ3n) is 3.17. The number of hydrogen-bond donors (Lipinski definition) is 4. The molecule has 0 spiro atoms. The number of amides is 2. The second-order valence-electron chi connectivity index (χ2n) is 4.94. The fourth-order valence-corrected chi connectivity index (χ4v) is 1.78. The smallest absolute Gasteiger partial charge is 0.326 e. The molecule has 1 atom stereocenters. The molecule has 1 aliphatic rings. The van der Waals surface area contributed by atoms with Crippen LogP contribution in [0.2, 0.25) is 0 Å². The summed E-state index contributed by atoms with van der Waals surface area (Å²) in [6.07, 6.45) is 1.92. The minimum Gasteiger partial charge on any atom is -0.481 e. The van der Waals surface area contributed by atoms with Gasteiger partial charge in [0.1, 0.15) is 6.04 Å². The van der Waals surface area contributed by atoms with Crippen LogP contribution < -0.4 is 10.6 Å². The van der Waals surface area contributed by atoms with Gasteiger partial charge in [-0.05, 0) is 26.3 Å². The zero-order valence-corrected chi connectivity index (χ0v) is 11.5. The first-order chi connectivity index (χ1) is 9.40. The second kappa shape index (κ2) is 7.68. The molecule has 0 aromatic carbocycles. The van der Waals surface area contributed by atoms with Crippen LogP contribution in [0.3, 0.4) is 0 Å². The van der Waals surface area contributed by atoms with Crippen LogP contribution in [0.5, 0.6) is 0 Å². The molecule has 4 N–H and O–H groups in total. The van der Waals surface area contributed by atoms with E-state index in [0.29, 0.717) is 19.1 Å². The molecule has 1 rings (SSSR count). The van der Waals surface area contributed by atoms with E-state index in [1.54, 1.807) is 0 Å². The lowest BCUT2D eigenvalue weighted by Crippen LogP contribution is -2.47. The van der Waals surface area contributed by atoms with Crippen molar-refractivity contribution >= 4 is 18.0 Å². The Balaban J connectivity index is 2.22. The Morgan fingerprint density at radius 1 is 1.30 bits per heavy atom. The van der Waals surface area contributed by atoms with Gasteiger partial charge in [-0.15, -0.1) is 0 Å². The molecular weight excluding hydrogens is 266 g/mol. The van der Waals surface area contributed by atoms with E-state index in [-0.39, 0.29) is 12.8 Å². The van der Waals surface area contributed by atoms with Gasteiger partial charge in [-0.3, -0.25) is 4.79 Å². The van der Waals surface area contributed by atoms with Gasteiger partial charge in [0.25, 0.3) is 0 Å². The predicted octanol–water partition coefficient (Wildman–Crippen LogP) is -0.302. The van der Waals surface area contributed by atoms with E-state index in [2.05, 4.69) is 15.5 Å². The maximum atomic E-state index is 11.5. The average Bonchev–Trinajstić information content (AvgIpc) is 3.17. The average molecular weight is 287 g/mol. The molecule has 0 unspecified atom stereocenters. The zero-order chi connectivity index (χ0) is 15.1. The number of carbonyl (C=O) groups is 3. The zero-order valence-electron chi connectivity index (χ0n) is 11.5. The van der Waals surface area contributed by atoms with Crippen LogP contribution in [0.1, 0.15) is 25.7 Å². The molecule has 0 aromatic rings. The van der Waals surface area contributed by atoms with Gasteiger partial charge < -0.3 is 25.7 Å². The molecule has 0 bridgehead atoms. The maximum Gasteiger partial charge on any atom is 0.326 e. The lowest BCUT2D eigenvalue weighted by atomic mass is 10.1. The molecule has 0 radical (unpaired) electrons. The summed E-state index contributed by atoms with van der Waals surface area (Å²) in [6, 6.07) is -1.18. The number of likely N-dealkylation sites (N-methyl/N-ethyl adjacent to an activating group) is 1. The summed E-state index contributed by atoms with van der Waals surface area (Å²) >= 11 is 0. The third kappa shape index (κ3) is 6.37. The second-order valence-corrected chi connectivity index (χ2v) is 4.94. The van der Waals surface area contributed by atoms with E-state index in [0.717, 1.165) is 0 Å². The van der Waals surface area contributed by atoms with Crippen molar-refractivity contribution in [2.45, 2.75) is 37.8 Å². The summed E-state index contributed by atoms with van der Waals surface area (Å²) in [5.74, 6) is -2.33. The number of carbonyl (C=O) groups excluding carboxylic acids is 1.